The minimum absolute atomic E-state index is 0.0653. The van der Waals surface area contributed by atoms with Crippen molar-refractivity contribution in [3.05, 3.63) is 77.1 Å². The molecule has 0 bridgehead atoms. The molecule has 0 spiro atoms. The average Bonchev–Trinajstić information content (AvgIpc) is 4.11. The number of para-hydroxylation sites is 1. The average molecular weight is 775 g/mol. The first-order valence-corrected chi connectivity index (χ1v) is 19.8. The lowest BCUT2D eigenvalue weighted by Gasteiger charge is -2.30. The van der Waals surface area contributed by atoms with Gasteiger partial charge < -0.3 is 45.6 Å². The zero-order valence-corrected chi connectivity index (χ0v) is 30.7. The molecule has 0 aliphatic heterocycles. The van der Waals surface area contributed by atoms with E-state index >= 15 is 0 Å². The van der Waals surface area contributed by atoms with E-state index in [-0.39, 0.29) is 29.7 Å². The molecule has 0 saturated heterocycles. The SMILES string of the molecule is O=C(NC[C@H](O)[C@@H](O)[C@H](O)[C@H](O)CO)N[C@H]1CC[C@H](NS(=O)(=O)c2ccc(Cl)c(COC3(c4cnccc4-c4ccccc4OC4CC4)CC3)c2)CC1. The van der Waals surface area contributed by atoms with Gasteiger partial charge in [0, 0.05) is 47.2 Å². The normalized spacial score (nSPS) is 21.9. The van der Waals surface area contributed by atoms with Crippen molar-refractivity contribution < 1.29 is 48.2 Å². The number of hydrogen-bond donors (Lipinski definition) is 8. The Morgan fingerprint density at radius 2 is 1.62 bits per heavy atom. The van der Waals surface area contributed by atoms with Crippen molar-refractivity contribution in [2.45, 2.75) is 111 Å². The van der Waals surface area contributed by atoms with Gasteiger partial charge in [0.25, 0.3) is 0 Å². The molecule has 53 heavy (non-hydrogen) atoms. The Bertz CT molecular complexity index is 1840. The standard InChI is InChI=1S/C37H47ClN4O10S/c38-30-12-11-26(53(49,50)42-24-7-5-23(6-8-24)41-36(48)40-19-31(44)34(46)35(47)32(45)20-43)17-22(30)21-51-37(14-15-37)29-18-39-16-13-27(29)28-3-1-2-4-33(28)52-25-9-10-25/h1-4,11-13,16-18,23-25,31-32,34-35,42-47H,5-10,14-15,19-21H2,(H2,40,41,48)/t23-,24-,31-,32+,34+,35+/m0/s1. The number of urea groups is 1. The van der Waals surface area contributed by atoms with Crippen LogP contribution in [0.1, 0.15) is 62.5 Å². The number of sulfonamides is 1. The Hall–Kier alpha value is -3.38. The van der Waals surface area contributed by atoms with Gasteiger partial charge in [-0.1, -0.05) is 29.8 Å². The van der Waals surface area contributed by atoms with E-state index in [9.17, 15) is 33.6 Å². The number of aliphatic hydroxyl groups is 5. The maximum absolute atomic E-state index is 13.5. The lowest BCUT2D eigenvalue weighted by molar-refractivity contribution is -0.113. The van der Waals surface area contributed by atoms with E-state index in [2.05, 4.69) is 20.3 Å². The summed E-state index contributed by atoms with van der Waals surface area (Å²) in [4.78, 5) is 16.9. The molecule has 0 radical (unpaired) electrons. The summed E-state index contributed by atoms with van der Waals surface area (Å²) in [5.41, 5.74) is 2.85. The third-order valence-corrected chi connectivity index (χ3v) is 11.9. The van der Waals surface area contributed by atoms with Gasteiger partial charge in [-0.15, -0.1) is 0 Å². The van der Waals surface area contributed by atoms with Crippen LogP contribution in [0.25, 0.3) is 11.1 Å². The Morgan fingerprint density at radius 3 is 2.32 bits per heavy atom. The Labute approximate surface area is 313 Å². The minimum atomic E-state index is -3.92. The number of carbonyl (C=O) groups is 1. The summed E-state index contributed by atoms with van der Waals surface area (Å²) in [6, 6.07) is 13.3. The molecule has 3 saturated carbocycles. The zero-order valence-electron chi connectivity index (χ0n) is 29.1. The lowest BCUT2D eigenvalue weighted by atomic mass is 9.92. The van der Waals surface area contributed by atoms with Crippen molar-refractivity contribution in [2.24, 2.45) is 0 Å². The Kier molecular flexibility index (Phi) is 12.6. The van der Waals surface area contributed by atoms with Crippen LogP contribution in [0.15, 0.2) is 65.8 Å². The molecule has 3 aromatic rings. The maximum Gasteiger partial charge on any atom is 0.315 e. The van der Waals surface area contributed by atoms with Crippen LogP contribution in [-0.4, -0.2) is 101 Å². The smallest absolute Gasteiger partial charge is 0.315 e. The number of aliphatic hydroxyl groups excluding tert-OH is 5. The van der Waals surface area contributed by atoms with E-state index in [0.29, 0.717) is 36.3 Å². The van der Waals surface area contributed by atoms with Gasteiger partial charge in [0.05, 0.1) is 35.9 Å². The molecule has 3 aliphatic carbocycles. The van der Waals surface area contributed by atoms with Gasteiger partial charge in [0.1, 0.15) is 24.1 Å². The van der Waals surface area contributed by atoms with Gasteiger partial charge in [-0.2, -0.15) is 0 Å². The highest BCUT2D eigenvalue weighted by Gasteiger charge is 2.48. The summed E-state index contributed by atoms with van der Waals surface area (Å²) >= 11 is 6.56. The minimum Gasteiger partial charge on any atom is -0.490 e. The number of halogens is 1. The van der Waals surface area contributed by atoms with Crippen LogP contribution in [0.3, 0.4) is 0 Å². The van der Waals surface area contributed by atoms with E-state index in [1.165, 1.54) is 12.1 Å². The third kappa shape index (κ3) is 9.84. The van der Waals surface area contributed by atoms with Crippen LogP contribution >= 0.6 is 11.6 Å². The molecule has 6 rings (SSSR count). The molecule has 0 unspecified atom stereocenters. The van der Waals surface area contributed by atoms with Gasteiger partial charge in [-0.05, 0) is 92.8 Å². The molecule has 1 aromatic heterocycles. The van der Waals surface area contributed by atoms with E-state index < -0.39 is 59.2 Å². The van der Waals surface area contributed by atoms with Crippen LogP contribution < -0.4 is 20.1 Å². The van der Waals surface area contributed by atoms with E-state index in [1.807, 2.05) is 36.5 Å². The van der Waals surface area contributed by atoms with Crippen LogP contribution in [0, 0.1) is 0 Å². The summed E-state index contributed by atoms with van der Waals surface area (Å²) < 4.78 is 42.5. The van der Waals surface area contributed by atoms with Crippen molar-refractivity contribution in [3.63, 3.8) is 0 Å². The summed E-state index contributed by atoms with van der Waals surface area (Å²) in [7, 11) is -3.92. The van der Waals surface area contributed by atoms with Gasteiger partial charge in [-0.25, -0.2) is 17.9 Å². The molecule has 2 aromatic carbocycles. The monoisotopic (exact) mass is 774 g/mol. The largest absolute Gasteiger partial charge is 0.490 e. The van der Waals surface area contributed by atoms with Gasteiger partial charge >= 0.3 is 6.03 Å². The number of carbonyl (C=O) groups excluding carboxylic acids is 1. The summed E-state index contributed by atoms with van der Waals surface area (Å²) in [6.07, 6.45) is 2.55. The van der Waals surface area contributed by atoms with Crippen molar-refractivity contribution >= 4 is 27.7 Å². The number of aromatic nitrogens is 1. The number of hydrogen-bond acceptors (Lipinski definition) is 11. The quantitative estimate of drug-likeness (QED) is 0.0996. The summed E-state index contributed by atoms with van der Waals surface area (Å²) in [5.74, 6) is 0.825. The predicted molar refractivity (Wildman–Crippen MR) is 194 cm³/mol. The number of benzene rings is 2. The second-order valence-corrected chi connectivity index (χ2v) is 16.2. The number of nitrogens with one attached hydrogen (secondary N) is 3. The molecule has 16 heteroatoms. The Balaban J connectivity index is 1.02. The highest BCUT2D eigenvalue weighted by Crippen LogP contribution is 2.53. The molecule has 288 valence electrons. The summed E-state index contributed by atoms with van der Waals surface area (Å²) in [6.45, 7) is -1.13. The van der Waals surface area contributed by atoms with Gasteiger partial charge in [-0.3, -0.25) is 4.98 Å². The third-order valence-electron chi connectivity index (χ3n) is 10.0. The van der Waals surface area contributed by atoms with E-state index in [1.54, 1.807) is 12.3 Å². The molecule has 2 amide bonds. The molecule has 14 nitrogen and oxygen atoms in total. The van der Waals surface area contributed by atoms with Gasteiger partial charge in [0.2, 0.25) is 10.0 Å². The zero-order chi connectivity index (χ0) is 37.8. The molecule has 1 heterocycles. The fraction of sp³-hybridized carbons (Fsp3) is 0.514. The first kappa shape index (κ1) is 39.3. The second kappa shape index (κ2) is 17.0. The Morgan fingerprint density at radius 1 is 0.925 bits per heavy atom. The first-order valence-electron chi connectivity index (χ1n) is 17.9. The van der Waals surface area contributed by atoms with Gasteiger partial charge in [0.15, 0.2) is 0 Å². The maximum atomic E-state index is 13.5. The molecular weight excluding hydrogens is 728 g/mol. The van der Waals surface area contributed by atoms with Crippen molar-refractivity contribution in [1.29, 1.82) is 0 Å². The molecular formula is C37H47ClN4O10S. The molecule has 3 aliphatic rings. The van der Waals surface area contributed by atoms with E-state index in [4.69, 9.17) is 26.2 Å². The highest BCUT2D eigenvalue weighted by atomic mass is 35.5. The van der Waals surface area contributed by atoms with Crippen LogP contribution in [0.5, 0.6) is 5.75 Å². The van der Waals surface area contributed by atoms with Crippen molar-refractivity contribution in [1.82, 2.24) is 20.3 Å². The number of nitrogens with zero attached hydrogens (tertiary/aromatic N) is 1. The second-order valence-electron chi connectivity index (χ2n) is 14.1. The summed E-state index contributed by atoms with van der Waals surface area (Å²) in [5, 5.41) is 53.6. The number of ether oxygens (including phenoxy) is 2. The fourth-order valence-corrected chi connectivity index (χ4v) is 8.09. The number of rotatable bonds is 17. The highest BCUT2D eigenvalue weighted by molar-refractivity contribution is 7.89. The van der Waals surface area contributed by atoms with Crippen LogP contribution in [-0.2, 0) is 27.0 Å². The first-order chi connectivity index (χ1) is 25.4. The van der Waals surface area contributed by atoms with E-state index in [0.717, 1.165) is 48.1 Å². The fourth-order valence-electron chi connectivity index (χ4n) is 6.56. The van der Waals surface area contributed by atoms with Crippen LogP contribution in [0.2, 0.25) is 5.02 Å². The lowest BCUT2D eigenvalue weighted by Crippen LogP contribution is -2.52. The van der Waals surface area contributed by atoms with Crippen molar-refractivity contribution in [3.8, 4) is 16.9 Å². The molecule has 4 atom stereocenters. The topological polar surface area (TPSA) is 220 Å². The number of pyridine rings is 1. The number of amides is 2. The molecule has 8 N–H and O–H groups in total. The predicted octanol–water partition coefficient (Wildman–Crippen LogP) is 2.47. The van der Waals surface area contributed by atoms with Crippen molar-refractivity contribution in [2.75, 3.05) is 13.2 Å². The van der Waals surface area contributed by atoms with Crippen LogP contribution in [0.4, 0.5) is 4.79 Å². The molecule has 3 fully saturated rings.